The summed E-state index contributed by atoms with van der Waals surface area (Å²) in [5, 5.41) is 8.46. The van der Waals surface area contributed by atoms with Gasteiger partial charge in [0.2, 0.25) is 0 Å². The van der Waals surface area contributed by atoms with E-state index in [4.69, 9.17) is 4.74 Å². The standard InChI is InChI=1S/C56H54OP2.2BrH/c1-41-13-7-19-51(33-41)58(52-20-8-14-42(2)34-52,53-21-9-15-43(3)35-53)39-47-25-29-49(30-26-47)57-50-31-27-48(28-32-50)40-59(54-22-10-16-44(4)36-54,55-23-11-17-45(5)37-55)56-24-12-18-46(6)38-56;;/h7-38H,39-40H2,1-6H3;2*1H/q+2;;/p-2. The van der Waals surface area contributed by atoms with Crippen molar-refractivity contribution in [1.82, 2.24) is 0 Å². The average molecular weight is 965 g/mol. The second-order valence-electron chi connectivity index (χ2n) is 16.4. The van der Waals surface area contributed by atoms with E-state index >= 15 is 0 Å². The zero-order chi connectivity index (χ0) is 41.0. The molecule has 0 bridgehead atoms. The van der Waals surface area contributed by atoms with E-state index < -0.39 is 14.5 Å². The van der Waals surface area contributed by atoms with Crippen LogP contribution in [0.15, 0.2) is 194 Å². The number of rotatable bonds is 12. The maximum absolute atomic E-state index is 6.57. The SMILES string of the molecule is Cc1cccc([P+](Cc2ccc(Oc3ccc(C[P+](c4cccc(C)c4)(c4cccc(C)c4)c4cccc(C)c4)cc3)cc2)(c2cccc(C)c2)c2cccc(C)c2)c1.[Br-].[Br-]. The van der Waals surface area contributed by atoms with Crippen molar-refractivity contribution in [3.05, 3.63) is 239 Å². The highest BCUT2D eigenvalue weighted by Crippen LogP contribution is 2.60. The second kappa shape index (κ2) is 20.0. The molecule has 0 aliphatic rings. The van der Waals surface area contributed by atoms with Crippen LogP contribution < -0.4 is 70.5 Å². The third kappa shape index (κ3) is 10.0. The summed E-state index contributed by atoms with van der Waals surface area (Å²) in [5.74, 6) is 1.68. The maximum atomic E-state index is 6.57. The van der Waals surface area contributed by atoms with Gasteiger partial charge in [0.15, 0.2) is 0 Å². The Morgan fingerprint density at radius 3 is 0.705 bits per heavy atom. The molecule has 1 nitrogen and oxygen atoms in total. The van der Waals surface area contributed by atoms with E-state index in [0.717, 1.165) is 23.8 Å². The summed E-state index contributed by atoms with van der Waals surface area (Å²) in [5.41, 5.74) is 10.3. The summed E-state index contributed by atoms with van der Waals surface area (Å²) >= 11 is 0. The minimum Gasteiger partial charge on any atom is -1.00 e. The summed E-state index contributed by atoms with van der Waals surface area (Å²) in [6, 6.07) is 72.8. The van der Waals surface area contributed by atoms with Crippen LogP contribution in [0.4, 0.5) is 0 Å². The van der Waals surface area contributed by atoms with Crippen LogP contribution in [-0.4, -0.2) is 0 Å². The van der Waals surface area contributed by atoms with Crippen LogP contribution in [-0.2, 0) is 12.3 Å². The van der Waals surface area contributed by atoms with Crippen molar-refractivity contribution in [2.24, 2.45) is 0 Å². The fourth-order valence-electron chi connectivity index (χ4n) is 8.64. The Labute approximate surface area is 386 Å². The molecule has 0 saturated carbocycles. The molecular weight excluding hydrogens is 910 g/mol. The van der Waals surface area contributed by atoms with Gasteiger partial charge in [0.05, 0.1) is 12.3 Å². The summed E-state index contributed by atoms with van der Waals surface area (Å²) in [7, 11) is -4.15. The van der Waals surface area contributed by atoms with Crippen LogP contribution in [0.25, 0.3) is 0 Å². The zero-order valence-corrected chi connectivity index (χ0v) is 40.9. The van der Waals surface area contributed by atoms with E-state index in [1.54, 1.807) is 0 Å². The van der Waals surface area contributed by atoms with Crippen molar-refractivity contribution in [2.75, 3.05) is 0 Å². The summed E-state index contributed by atoms with van der Waals surface area (Å²) in [4.78, 5) is 0. The van der Waals surface area contributed by atoms with Crippen LogP contribution in [0.1, 0.15) is 44.5 Å². The van der Waals surface area contributed by atoms with Gasteiger partial charge in [0.25, 0.3) is 0 Å². The van der Waals surface area contributed by atoms with Crippen molar-refractivity contribution < 1.29 is 38.7 Å². The topological polar surface area (TPSA) is 9.23 Å². The van der Waals surface area contributed by atoms with Crippen LogP contribution >= 0.6 is 14.5 Å². The van der Waals surface area contributed by atoms with Crippen molar-refractivity contribution in [3.63, 3.8) is 0 Å². The van der Waals surface area contributed by atoms with Crippen molar-refractivity contribution in [3.8, 4) is 11.5 Å². The molecule has 8 aromatic carbocycles. The van der Waals surface area contributed by atoms with Crippen molar-refractivity contribution in [2.45, 2.75) is 53.9 Å². The highest BCUT2D eigenvalue weighted by atomic mass is 79.9. The minimum absolute atomic E-state index is 0. The van der Waals surface area contributed by atoms with Gasteiger partial charge in [0.1, 0.15) is 57.9 Å². The van der Waals surface area contributed by atoms with Gasteiger partial charge in [-0.3, -0.25) is 0 Å². The normalized spacial score (nSPS) is 11.3. The van der Waals surface area contributed by atoms with Gasteiger partial charge in [-0.1, -0.05) is 97.1 Å². The lowest BCUT2D eigenvalue weighted by atomic mass is 10.2. The lowest BCUT2D eigenvalue weighted by Gasteiger charge is -2.29. The third-order valence-corrected chi connectivity index (χ3v) is 20.2. The predicted octanol–water partition coefficient (Wildman–Crippen LogP) is 6.33. The Morgan fingerprint density at radius 2 is 0.508 bits per heavy atom. The lowest BCUT2D eigenvalue weighted by molar-refractivity contribution is -0.001000. The van der Waals surface area contributed by atoms with E-state index in [1.165, 1.54) is 76.3 Å². The Hall–Kier alpha value is -4.62. The molecule has 0 atom stereocenters. The summed E-state index contributed by atoms with van der Waals surface area (Å²) in [6.45, 7) is 13.2. The van der Waals surface area contributed by atoms with Gasteiger partial charge in [-0.15, -0.1) is 0 Å². The second-order valence-corrected chi connectivity index (χ2v) is 23.3. The molecule has 0 saturated heterocycles. The largest absolute Gasteiger partial charge is 1.00 e. The summed E-state index contributed by atoms with van der Waals surface area (Å²) in [6.07, 6.45) is 1.85. The van der Waals surface area contributed by atoms with Crippen molar-refractivity contribution in [1.29, 1.82) is 0 Å². The number of halogens is 2. The highest BCUT2D eigenvalue weighted by Gasteiger charge is 2.47. The molecule has 5 heteroatoms. The van der Waals surface area contributed by atoms with Gasteiger partial charge in [0, 0.05) is 0 Å². The molecule has 8 rings (SSSR count). The Kier molecular flexibility index (Phi) is 15.1. The molecule has 0 heterocycles. The molecule has 0 fully saturated rings. The fraction of sp³-hybridized carbons (Fsp3) is 0.143. The van der Waals surface area contributed by atoms with Gasteiger partial charge >= 0.3 is 0 Å². The summed E-state index contributed by atoms with van der Waals surface area (Å²) < 4.78 is 6.57. The molecule has 0 aromatic heterocycles. The van der Waals surface area contributed by atoms with E-state index in [1.807, 2.05) is 0 Å². The fourth-order valence-corrected chi connectivity index (χ4v) is 17.6. The molecule has 8 aromatic rings. The van der Waals surface area contributed by atoms with Gasteiger partial charge < -0.3 is 38.7 Å². The van der Waals surface area contributed by atoms with Crippen LogP contribution in [0.2, 0.25) is 0 Å². The molecule has 0 aliphatic heterocycles. The first kappa shape index (κ1) is 45.9. The van der Waals surface area contributed by atoms with E-state index in [2.05, 4.69) is 236 Å². The number of ether oxygens (including phenoxy) is 1. The monoisotopic (exact) mass is 962 g/mol. The van der Waals surface area contributed by atoms with E-state index in [9.17, 15) is 0 Å². The van der Waals surface area contributed by atoms with Crippen LogP contribution in [0.3, 0.4) is 0 Å². The molecule has 0 amide bonds. The quantitative estimate of drug-likeness (QED) is 0.130. The molecule has 0 spiro atoms. The Balaban J connectivity index is 0.00000311. The number of aryl methyl sites for hydroxylation is 6. The number of benzene rings is 8. The highest BCUT2D eigenvalue weighted by molar-refractivity contribution is 7.95. The Morgan fingerprint density at radius 1 is 0.295 bits per heavy atom. The minimum atomic E-state index is -2.07. The lowest BCUT2D eigenvalue weighted by Crippen LogP contribution is -3.00. The first-order valence-corrected chi connectivity index (χ1v) is 24.6. The van der Waals surface area contributed by atoms with Gasteiger partial charge in [-0.25, -0.2) is 0 Å². The molecule has 308 valence electrons. The van der Waals surface area contributed by atoms with Crippen LogP contribution in [0.5, 0.6) is 11.5 Å². The van der Waals surface area contributed by atoms with Crippen molar-refractivity contribution >= 4 is 46.4 Å². The first-order chi connectivity index (χ1) is 28.6. The number of hydrogen-bond acceptors (Lipinski definition) is 1. The molecular formula is C56H54Br2OP2. The smallest absolute Gasteiger partial charge is 0.127 e. The molecule has 0 aliphatic carbocycles. The van der Waals surface area contributed by atoms with E-state index in [0.29, 0.717) is 0 Å². The Bertz CT molecular complexity index is 2310. The molecule has 0 unspecified atom stereocenters. The molecule has 0 N–H and O–H groups in total. The molecule has 0 radical (unpaired) electrons. The zero-order valence-electron chi connectivity index (χ0n) is 35.9. The number of hydrogen-bond donors (Lipinski definition) is 0. The van der Waals surface area contributed by atoms with Crippen LogP contribution in [0, 0.1) is 41.5 Å². The average Bonchev–Trinajstić information content (AvgIpc) is 3.23. The van der Waals surface area contributed by atoms with Gasteiger partial charge in [-0.2, -0.15) is 0 Å². The third-order valence-electron chi connectivity index (χ3n) is 11.6. The van der Waals surface area contributed by atoms with Gasteiger partial charge in [-0.05, 0) is 183 Å². The maximum Gasteiger partial charge on any atom is 0.127 e. The first-order valence-electron chi connectivity index (χ1n) is 20.7. The predicted molar refractivity (Wildman–Crippen MR) is 259 cm³/mol. The molecule has 61 heavy (non-hydrogen) atoms. The van der Waals surface area contributed by atoms with E-state index in [-0.39, 0.29) is 34.0 Å².